The van der Waals surface area contributed by atoms with Crippen molar-refractivity contribution in [2.24, 2.45) is 5.16 Å². The van der Waals surface area contributed by atoms with Crippen LogP contribution in [0.2, 0.25) is 0 Å². The second kappa shape index (κ2) is 7.13. The molecule has 0 bridgehead atoms. The Bertz CT molecular complexity index is 759. The fraction of sp³-hybridized carbons (Fsp3) is 0. The quantitative estimate of drug-likeness (QED) is 0.419. The first-order valence-corrected chi connectivity index (χ1v) is 7.15. The number of pyridine rings is 1. The lowest BCUT2D eigenvalue weighted by Crippen LogP contribution is -2.07. The van der Waals surface area contributed by atoms with Gasteiger partial charge in [0.2, 0.25) is 0 Å². The van der Waals surface area contributed by atoms with Gasteiger partial charge in [-0.15, -0.1) is 0 Å². The summed E-state index contributed by atoms with van der Waals surface area (Å²) in [7, 11) is 0. The van der Waals surface area contributed by atoms with Crippen LogP contribution in [0.1, 0.15) is 21.5 Å². The lowest BCUT2D eigenvalue weighted by molar-refractivity contribution is 0.0517. The Morgan fingerprint density at radius 1 is 0.739 bits per heavy atom. The van der Waals surface area contributed by atoms with Crippen LogP contribution < -0.4 is 0 Å². The van der Waals surface area contributed by atoms with E-state index in [1.807, 2.05) is 48.5 Å². The zero-order chi connectivity index (χ0) is 15.9. The summed E-state index contributed by atoms with van der Waals surface area (Å²) >= 11 is 0. The average Bonchev–Trinajstić information content (AvgIpc) is 2.64. The van der Waals surface area contributed by atoms with Gasteiger partial charge in [-0.2, -0.15) is 0 Å². The van der Waals surface area contributed by atoms with Crippen molar-refractivity contribution in [1.29, 1.82) is 0 Å². The van der Waals surface area contributed by atoms with Crippen LogP contribution >= 0.6 is 0 Å². The summed E-state index contributed by atoms with van der Waals surface area (Å²) in [5, 5.41) is 4.08. The molecule has 4 heteroatoms. The minimum absolute atomic E-state index is 0.457. The molecule has 0 amide bonds. The predicted octanol–water partition coefficient (Wildman–Crippen LogP) is 3.69. The molecule has 0 unspecified atom stereocenters. The molecule has 0 N–H and O–H groups in total. The third kappa shape index (κ3) is 3.68. The van der Waals surface area contributed by atoms with Crippen LogP contribution in [0.3, 0.4) is 0 Å². The summed E-state index contributed by atoms with van der Waals surface area (Å²) in [5.74, 6) is -0.493. The largest absolute Gasteiger partial charge is 0.365 e. The Hall–Kier alpha value is -3.27. The number of oxime groups is 1. The van der Waals surface area contributed by atoms with Crippen LogP contribution in [0, 0.1) is 0 Å². The number of hydrogen-bond donors (Lipinski definition) is 0. The molecule has 0 aliphatic heterocycles. The molecule has 0 spiro atoms. The highest BCUT2D eigenvalue weighted by Gasteiger charge is 2.10. The summed E-state index contributed by atoms with van der Waals surface area (Å²) in [6, 6.07) is 22.0. The second-order valence-corrected chi connectivity index (χ2v) is 4.79. The summed E-state index contributed by atoms with van der Waals surface area (Å²) in [5.41, 5.74) is 2.72. The van der Waals surface area contributed by atoms with Crippen molar-refractivity contribution in [3.05, 3.63) is 102 Å². The minimum atomic E-state index is -0.493. The van der Waals surface area contributed by atoms with E-state index in [9.17, 15) is 4.79 Å². The van der Waals surface area contributed by atoms with Gasteiger partial charge in [0.25, 0.3) is 0 Å². The first-order valence-electron chi connectivity index (χ1n) is 7.15. The molecule has 2 aromatic carbocycles. The molecule has 0 saturated carbocycles. The van der Waals surface area contributed by atoms with E-state index in [1.165, 1.54) is 0 Å². The van der Waals surface area contributed by atoms with Gasteiger partial charge in [-0.25, -0.2) is 4.79 Å². The third-order valence-electron chi connectivity index (χ3n) is 3.23. The van der Waals surface area contributed by atoms with Crippen molar-refractivity contribution in [3.63, 3.8) is 0 Å². The maximum Gasteiger partial charge on any atom is 0.365 e. The van der Waals surface area contributed by atoms with E-state index < -0.39 is 5.97 Å². The van der Waals surface area contributed by atoms with Gasteiger partial charge in [0.15, 0.2) is 0 Å². The van der Waals surface area contributed by atoms with E-state index in [2.05, 4.69) is 10.1 Å². The molecule has 1 aromatic heterocycles. The van der Waals surface area contributed by atoms with Crippen LogP contribution in [-0.4, -0.2) is 16.7 Å². The Morgan fingerprint density at radius 2 is 1.26 bits per heavy atom. The number of benzene rings is 2. The lowest BCUT2D eigenvalue weighted by atomic mass is 10.0. The van der Waals surface area contributed by atoms with Gasteiger partial charge in [-0.3, -0.25) is 4.98 Å². The Balaban J connectivity index is 1.91. The van der Waals surface area contributed by atoms with Crippen LogP contribution in [-0.2, 0) is 4.84 Å². The van der Waals surface area contributed by atoms with Gasteiger partial charge < -0.3 is 4.84 Å². The first-order chi connectivity index (χ1) is 11.3. The van der Waals surface area contributed by atoms with E-state index in [0.717, 1.165) is 11.1 Å². The summed E-state index contributed by atoms with van der Waals surface area (Å²) in [6.07, 6.45) is 3.35. The maximum atomic E-state index is 12.1. The van der Waals surface area contributed by atoms with E-state index >= 15 is 0 Å². The molecule has 3 aromatic rings. The van der Waals surface area contributed by atoms with Crippen molar-refractivity contribution in [2.45, 2.75) is 0 Å². The normalized spacial score (nSPS) is 11.0. The van der Waals surface area contributed by atoms with Crippen LogP contribution in [0.4, 0.5) is 0 Å². The summed E-state index contributed by atoms with van der Waals surface area (Å²) in [4.78, 5) is 21.2. The standard InChI is InChI=1S/C19H14N2O2/c22-19(17-9-5-2-6-10-17)23-21-18(15-7-3-1-4-8-15)16-11-13-20-14-12-16/h1-14H/b21-18-. The molecule has 0 atom stereocenters. The van der Waals surface area contributed by atoms with Crippen molar-refractivity contribution in [1.82, 2.24) is 4.98 Å². The number of rotatable bonds is 4. The number of nitrogens with zero attached hydrogens (tertiary/aromatic N) is 2. The number of hydrogen-bond acceptors (Lipinski definition) is 4. The highest BCUT2D eigenvalue weighted by Crippen LogP contribution is 2.11. The fourth-order valence-corrected chi connectivity index (χ4v) is 2.09. The molecule has 3 rings (SSSR count). The molecular formula is C19H14N2O2. The molecule has 0 fully saturated rings. The van der Waals surface area contributed by atoms with Gasteiger partial charge in [0.05, 0.1) is 5.56 Å². The molecule has 23 heavy (non-hydrogen) atoms. The van der Waals surface area contributed by atoms with E-state index in [4.69, 9.17) is 4.84 Å². The van der Waals surface area contributed by atoms with Gasteiger partial charge in [0, 0.05) is 23.5 Å². The van der Waals surface area contributed by atoms with Crippen molar-refractivity contribution < 1.29 is 9.63 Å². The molecular weight excluding hydrogens is 288 g/mol. The van der Waals surface area contributed by atoms with E-state index in [1.54, 1.807) is 36.7 Å². The number of carbonyl (C=O) groups is 1. The van der Waals surface area contributed by atoms with Gasteiger partial charge >= 0.3 is 5.97 Å². The molecule has 0 saturated heterocycles. The molecule has 112 valence electrons. The average molecular weight is 302 g/mol. The van der Waals surface area contributed by atoms with Gasteiger partial charge in [-0.1, -0.05) is 53.7 Å². The zero-order valence-electron chi connectivity index (χ0n) is 12.3. The number of carbonyl (C=O) groups excluding carboxylic acids is 1. The van der Waals surface area contributed by atoms with Crippen LogP contribution in [0.15, 0.2) is 90.3 Å². The predicted molar refractivity (Wildman–Crippen MR) is 88.2 cm³/mol. The van der Waals surface area contributed by atoms with Gasteiger partial charge in [-0.05, 0) is 24.3 Å². The first kappa shape index (κ1) is 14.7. The van der Waals surface area contributed by atoms with Crippen LogP contribution in [0.5, 0.6) is 0 Å². The van der Waals surface area contributed by atoms with E-state index in [-0.39, 0.29) is 0 Å². The Kier molecular flexibility index (Phi) is 4.55. The maximum absolute atomic E-state index is 12.1. The van der Waals surface area contributed by atoms with Crippen molar-refractivity contribution >= 4 is 11.7 Å². The van der Waals surface area contributed by atoms with E-state index in [0.29, 0.717) is 11.3 Å². The lowest BCUT2D eigenvalue weighted by Gasteiger charge is -2.06. The monoisotopic (exact) mass is 302 g/mol. The Labute approximate surface area is 134 Å². The van der Waals surface area contributed by atoms with Gasteiger partial charge in [0.1, 0.15) is 5.71 Å². The third-order valence-corrected chi connectivity index (χ3v) is 3.23. The molecule has 4 nitrogen and oxygen atoms in total. The zero-order valence-corrected chi connectivity index (χ0v) is 12.3. The minimum Gasteiger partial charge on any atom is -0.312 e. The highest BCUT2D eigenvalue weighted by atomic mass is 16.7. The second-order valence-electron chi connectivity index (χ2n) is 4.79. The van der Waals surface area contributed by atoms with Crippen LogP contribution in [0.25, 0.3) is 0 Å². The summed E-state index contributed by atoms with van der Waals surface area (Å²) < 4.78 is 0. The SMILES string of the molecule is O=C(O/N=C(/c1ccccc1)c1ccncc1)c1ccccc1. The highest BCUT2D eigenvalue weighted by molar-refractivity contribution is 6.12. The smallest absolute Gasteiger partial charge is 0.312 e. The Morgan fingerprint density at radius 3 is 1.87 bits per heavy atom. The molecule has 1 heterocycles. The molecule has 0 aliphatic carbocycles. The number of aromatic nitrogens is 1. The molecule has 0 radical (unpaired) electrons. The molecule has 0 aliphatic rings. The summed E-state index contributed by atoms with van der Waals surface area (Å²) in [6.45, 7) is 0. The van der Waals surface area contributed by atoms with Crippen molar-refractivity contribution in [3.8, 4) is 0 Å². The topological polar surface area (TPSA) is 51.5 Å². The fourth-order valence-electron chi connectivity index (χ4n) is 2.09. The van der Waals surface area contributed by atoms with Crippen molar-refractivity contribution in [2.75, 3.05) is 0 Å².